The molecule has 0 saturated heterocycles. The van der Waals surface area contributed by atoms with Gasteiger partial charge in [-0.3, -0.25) is 4.79 Å². The minimum Gasteiger partial charge on any atom is -0.441 e. The molecule has 9 heteroatoms. The minimum absolute atomic E-state index is 0.00755. The van der Waals surface area contributed by atoms with Gasteiger partial charge in [-0.2, -0.15) is 5.10 Å². The average molecular weight is 423 g/mol. The molecule has 2 heterocycles. The molecule has 0 unspecified atom stereocenters. The van der Waals surface area contributed by atoms with Gasteiger partial charge in [-0.25, -0.2) is 23.4 Å². The molecule has 2 aromatic heterocycles. The van der Waals surface area contributed by atoms with Crippen molar-refractivity contribution < 1.29 is 18.0 Å². The molecule has 2 aromatic carbocycles. The van der Waals surface area contributed by atoms with E-state index in [0.29, 0.717) is 0 Å². The van der Waals surface area contributed by atoms with Crippen LogP contribution in [0.25, 0.3) is 17.0 Å². The molecule has 1 atom stereocenters. The van der Waals surface area contributed by atoms with E-state index in [1.54, 1.807) is 11.0 Å². The van der Waals surface area contributed by atoms with Crippen molar-refractivity contribution in [3.05, 3.63) is 84.4 Å². The summed E-state index contributed by atoms with van der Waals surface area (Å²) in [6.07, 6.45) is 4.66. The predicted molar refractivity (Wildman–Crippen MR) is 108 cm³/mol. The van der Waals surface area contributed by atoms with Crippen LogP contribution < -0.4 is 5.32 Å². The third-order valence-electron chi connectivity index (χ3n) is 4.78. The second kappa shape index (κ2) is 8.86. The van der Waals surface area contributed by atoms with Crippen LogP contribution in [-0.4, -0.2) is 25.7 Å². The smallest absolute Gasteiger partial charge is 0.220 e. The number of hydrogen-bond donors (Lipinski definition) is 1. The molecule has 0 aliphatic heterocycles. The molecule has 0 aliphatic carbocycles. The normalized spacial score (nSPS) is 12.0. The van der Waals surface area contributed by atoms with Gasteiger partial charge in [0, 0.05) is 12.8 Å². The molecule has 0 saturated carbocycles. The summed E-state index contributed by atoms with van der Waals surface area (Å²) in [7, 11) is 0. The van der Waals surface area contributed by atoms with Crippen LogP contribution in [0.2, 0.25) is 0 Å². The maximum absolute atomic E-state index is 13.9. The van der Waals surface area contributed by atoms with Gasteiger partial charge in [-0.15, -0.1) is 0 Å². The maximum atomic E-state index is 13.9. The van der Waals surface area contributed by atoms with Crippen LogP contribution in [0.5, 0.6) is 0 Å². The second-order valence-electron chi connectivity index (χ2n) is 6.94. The van der Waals surface area contributed by atoms with Crippen molar-refractivity contribution in [2.45, 2.75) is 25.8 Å². The molecule has 158 valence electrons. The molecule has 31 heavy (non-hydrogen) atoms. The van der Waals surface area contributed by atoms with E-state index in [9.17, 15) is 13.6 Å². The number of nitrogens with one attached hydrogen (secondary N) is 1. The van der Waals surface area contributed by atoms with Crippen LogP contribution in [0.1, 0.15) is 30.8 Å². The van der Waals surface area contributed by atoms with E-state index in [0.717, 1.165) is 23.4 Å². The first-order chi connectivity index (χ1) is 15.0. The Morgan fingerprint density at radius 2 is 1.90 bits per heavy atom. The molecular weight excluding hydrogens is 404 g/mol. The summed E-state index contributed by atoms with van der Waals surface area (Å²) >= 11 is 0. The number of benzene rings is 2. The Labute approximate surface area is 176 Å². The van der Waals surface area contributed by atoms with Crippen LogP contribution in [0.15, 0.2) is 65.7 Å². The predicted octanol–water partition coefficient (Wildman–Crippen LogP) is 4.01. The number of nitrogens with zero attached hydrogens (tertiary/aromatic N) is 4. The van der Waals surface area contributed by atoms with Crippen LogP contribution in [0, 0.1) is 11.6 Å². The molecule has 1 amide bonds. The zero-order valence-electron chi connectivity index (χ0n) is 16.6. The Kier molecular flexibility index (Phi) is 5.83. The molecule has 4 aromatic rings. The minimum atomic E-state index is -0.732. The molecule has 7 nitrogen and oxygen atoms in total. The highest BCUT2D eigenvalue weighted by molar-refractivity contribution is 5.76. The summed E-state index contributed by atoms with van der Waals surface area (Å²) in [6, 6.07) is 11.0. The number of carbonyl (C=O) groups is 1. The zero-order valence-corrected chi connectivity index (χ0v) is 16.6. The summed E-state index contributed by atoms with van der Waals surface area (Å²) in [5.74, 6) is -1.43. The van der Waals surface area contributed by atoms with Gasteiger partial charge in [-0.1, -0.05) is 18.2 Å². The van der Waals surface area contributed by atoms with Gasteiger partial charge in [-0.05, 0) is 36.8 Å². The first-order valence-corrected chi connectivity index (χ1v) is 9.64. The van der Waals surface area contributed by atoms with Crippen molar-refractivity contribution in [1.29, 1.82) is 0 Å². The number of amides is 1. The number of oxazole rings is 1. The SMILES string of the molecule is C[C@H](NC(=O)CCc1ncc(-c2c(F)cccc2F)o1)c1ccc(-n2cncn2)cc1. The first kappa shape index (κ1) is 20.4. The van der Waals surface area contributed by atoms with Crippen molar-refractivity contribution in [1.82, 2.24) is 25.1 Å². The van der Waals surface area contributed by atoms with Gasteiger partial charge in [0.2, 0.25) is 5.91 Å². The highest BCUT2D eigenvalue weighted by Gasteiger charge is 2.17. The Balaban J connectivity index is 1.33. The molecule has 4 rings (SSSR count). The number of hydrogen-bond acceptors (Lipinski definition) is 5. The largest absolute Gasteiger partial charge is 0.441 e. The molecular formula is C22H19F2N5O2. The average Bonchev–Trinajstić information content (AvgIpc) is 3.45. The van der Waals surface area contributed by atoms with Gasteiger partial charge in [0.25, 0.3) is 0 Å². The summed E-state index contributed by atoms with van der Waals surface area (Å²) in [5.41, 5.74) is 1.53. The van der Waals surface area contributed by atoms with Crippen molar-refractivity contribution in [3.8, 4) is 17.0 Å². The summed E-state index contributed by atoms with van der Waals surface area (Å²) in [6.45, 7) is 1.88. The maximum Gasteiger partial charge on any atom is 0.220 e. The van der Waals surface area contributed by atoms with E-state index >= 15 is 0 Å². The van der Waals surface area contributed by atoms with Gasteiger partial charge in [0.15, 0.2) is 11.7 Å². The lowest BCUT2D eigenvalue weighted by molar-refractivity contribution is -0.121. The lowest BCUT2D eigenvalue weighted by Gasteiger charge is -2.14. The Hall–Kier alpha value is -3.88. The fourth-order valence-corrected chi connectivity index (χ4v) is 3.15. The second-order valence-corrected chi connectivity index (χ2v) is 6.94. The number of aryl methyl sites for hydroxylation is 1. The molecule has 0 spiro atoms. The van der Waals surface area contributed by atoms with E-state index in [-0.39, 0.29) is 42.0 Å². The molecule has 0 bridgehead atoms. The monoisotopic (exact) mass is 423 g/mol. The van der Waals surface area contributed by atoms with E-state index in [1.165, 1.54) is 18.6 Å². The number of aromatic nitrogens is 4. The first-order valence-electron chi connectivity index (χ1n) is 9.64. The van der Waals surface area contributed by atoms with Gasteiger partial charge < -0.3 is 9.73 Å². The molecule has 1 N–H and O–H groups in total. The van der Waals surface area contributed by atoms with E-state index in [2.05, 4.69) is 20.4 Å². The van der Waals surface area contributed by atoms with Gasteiger partial charge in [0.05, 0.1) is 23.5 Å². The van der Waals surface area contributed by atoms with E-state index in [4.69, 9.17) is 4.42 Å². The van der Waals surface area contributed by atoms with Crippen LogP contribution in [0.4, 0.5) is 8.78 Å². The highest BCUT2D eigenvalue weighted by atomic mass is 19.1. The summed E-state index contributed by atoms with van der Waals surface area (Å²) < 4.78 is 34.8. The number of rotatable bonds is 7. The van der Waals surface area contributed by atoms with Crippen LogP contribution in [0.3, 0.4) is 0 Å². The standard InChI is InChI=1S/C22H19F2N5O2/c1-14(15-5-7-16(8-6-15)29-13-25-12-27-29)28-20(30)9-10-21-26-11-19(31-21)22-17(23)3-2-4-18(22)24/h2-8,11-14H,9-10H2,1H3,(H,28,30)/t14-/m0/s1. The Morgan fingerprint density at radius 1 is 1.16 bits per heavy atom. The Morgan fingerprint density at radius 3 is 2.58 bits per heavy atom. The fourth-order valence-electron chi connectivity index (χ4n) is 3.15. The van der Waals surface area contributed by atoms with E-state index < -0.39 is 11.6 Å². The molecule has 0 fully saturated rings. The van der Waals surface area contributed by atoms with Crippen molar-refractivity contribution in [2.24, 2.45) is 0 Å². The fraction of sp³-hybridized carbons (Fsp3) is 0.182. The van der Waals surface area contributed by atoms with Crippen LogP contribution >= 0.6 is 0 Å². The molecule has 0 aliphatic rings. The van der Waals surface area contributed by atoms with Crippen LogP contribution in [-0.2, 0) is 11.2 Å². The summed E-state index contributed by atoms with van der Waals surface area (Å²) in [5, 5.41) is 6.99. The zero-order chi connectivity index (χ0) is 21.8. The van der Waals surface area contributed by atoms with Crippen molar-refractivity contribution in [3.63, 3.8) is 0 Å². The third-order valence-corrected chi connectivity index (χ3v) is 4.78. The van der Waals surface area contributed by atoms with E-state index in [1.807, 2.05) is 31.2 Å². The Bertz CT molecular complexity index is 1150. The topological polar surface area (TPSA) is 85.8 Å². The third kappa shape index (κ3) is 4.66. The lowest BCUT2D eigenvalue weighted by Crippen LogP contribution is -2.26. The number of halogens is 2. The van der Waals surface area contributed by atoms with Gasteiger partial charge >= 0.3 is 0 Å². The van der Waals surface area contributed by atoms with Crippen molar-refractivity contribution in [2.75, 3.05) is 0 Å². The number of carbonyl (C=O) groups excluding carboxylic acids is 1. The molecule has 0 radical (unpaired) electrons. The highest BCUT2D eigenvalue weighted by Crippen LogP contribution is 2.26. The quantitative estimate of drug-likeness (QED) is 0.485. The van der Waals surface area contributed by atoms with Gasteiger partial charge in [0.1, 0.15) is 24.3 Å². The summed E-state index contributed by atoms with van der Waals surface area (Å²) in [4.78, 5) is 20.3. The lowest BCUT2D eigenvalue weighted by atomic mass is 10.1. The van der Waals surface area contributed by atoms with Crippen molar-refractivity contribution >= 4 is 5.91 Å².